The van der Waals surface area contributed by atoms with Crippen LogP contribution in [-0.4, -0.2) is 85.2 Å². The molecule has 2 spiro atoms. The zero-order chi connectivity index (χ0) is 56.6. The molecule has 2 fully saturated rings. The lowest BCUT2D eigenvalue weighted by Gasteiger charge is -2.36. The molecule has 0 unspecified atom stereocenters. The Hall–Kier alpha value is -9.04. The monoisotopic (exact) mass is 1150 g/mol. The number of hydrogen-bond donors (Lipinski definition) is 1. The highest BCUT2D eigenvalue weighted by molar-refractivity contribution is 6.09. The van der Waals surface area contributed by atoms with Gasteiger partial charge >= 0.3 is 0 Å². The molecule has 7 aromatic carbocycles. The molecule has 2 aliphatic heterocycles. The van der Waals surface area contributed by atoms with Gasteiger partial charge in [0.15, 0.2) is 5.82 Å². The first-order chi connectivity index (χ1) is 40.8. The fourth-order valence-electron chi connectivity index (χ4n) is 13.0. The molecule has 9 aromatic rings. The maximum Gasteiger partial charge on any atom is 0.256 e. The zero-order valence-corrected chi connectivity index (χ0v) is 47.4. The lowest BCUT2D eigenvalue weighted by molar-refractivity contribution is -0.132. The van der Waals surface area contributed by atoms with Gasteiger partial charge in [0.1, 0.15) is 28.3 Å². The van der Waals surface area contributed by atoms with Crippen molar-refractivity contribution in [3.05, 3.63) is 216 Å². The van der Waals surface area contributed by atoms with Gasteiger partial charge in [-0.15, -0.1) is 15.3 Å². The van der Waals surface area contributed by atoms with Gasteiger partial charge in [-0.2, -0.15) is 5.21 Å². The number of nitrogens with one attached hydrogen (secondary N) is 1. The van der Waals surface area contributed by atoms with Crippen molar-refractivity contribution in [2.75, 3.05) is 0 Å². The molecule has 0 saturated heterocycles. The molecule has 442 valence electrons. The second-order valence-electron chi connectivity index (χ2n) is 22.5. The number of aromatic amines is 1. The first-order valence-corrected chi connectivity index (χ1v) is 29.7. The maximum absolute atomic E-state index is 13.8. The smallest absolute Gasteiger partial charge is 0.256 e. The predicted molar refractivity (Wildman–Crippen MR) is 346 cm³/mol. The quantitative estimate of drug-likeness (QED) is 0.0830. The number of amidine groups is 2. The van der Waals surface area contributed by atoms with Crippen LogP contribution in [0.25, 0.3) is 45.0 Å². The van der Waals surface area contributed by atoms with Crippen molar-refractivity contribution in [1.82, 2.24) is 50.6 Å². The summed E-state index contributed by atoms with van der Waals surface area (Å²) in [4.78, 5) is 41.1. The van der Waals surface area contributed by atoms with Crippen molar-refractivity contribution >= 4 is 23.5 Å². The molecule has 2 aromatic heterocycles. The summed E-state index contributed by atoms with van der Waals surface area (Å²) in [6.45, 7) is 5.48. The van der Waals surface area contributed by atoms with E-state index in [1.165, 1.54) is 0 Å². The maximum atomic E-state index is 13.8. The van der Waals surface area contributed by atoms with E-state index >= 15 is 0 Å². The molecule has 14 heteroatoms. The van der Waals surface area contributed by atoms with E-state index in [1.54, 1.807) is 0 Å². The molecule has 0 radical (unpaired) electrons. The van der Waals surface area contributed by atoms with Gasteiger partial charge in [0.2, 0.25) is 5.82 Å². The third-order valence-corrected chi connectivity index (χ3v) is 17.2. The molecular formula is C72H82N12O2. The third-order valence-electron chi connectivity index (χ3n) is 17.2. The minimum Gasteiger partial charge on any atom is -0.294 e. The fourth-order valence-corrected chi connectivity index (χ4v) is 13.0. The Labute approximate surface area is 507 Å². The number of H-pyrrole nitrogens is 1. The molecule has 86 heavy (non-hydrogen) atoms. The normalized spacial score (nSPS) is 15.6. The van der Waals surface area contributed by atoms with Gasteiger partial charge < -0.3 is 0 Å². The Balaban J connectivity index is 0.000000218. The van der Waals surface area contributed by atoms with E-state index in [2.05, 4.69) is 185 Å². The topological polar surface area (TPSA) is 163 Å². The first kappa shape index (κ1) is 61.5. The van der Waals surface area contributed by atoms with Crippen LogP contribution in [0.4, 0.5) is 0 Å². The molecule has 1 N–H and O–H groups in total. The summed E-state index contributed by atoms with van der Waals surface area (Å²) in [7, 11) is 0. The summed E-state index contributed by atoms with van der Waals surface area (Å²) in [5.74, 6) is 3.56. The van der Waals surface area contributed by atoms with Crippen LogP contribution in [0.15, 0.2) is 198 Å². The van der Waals surface area contributed by atoms with Gasteiger partial charge in [0, 0.05) is 24.0 Å². The lowest BCUT2D eigenvalue weighted by Crippen LogP contribution is -2.40. The second kappa shape index (κ2) is 27.3. The van der Waals surface area contributed by atoms with Gasteiger partial charge in [-0.25, -0.2) is 4.68 Å². The van der Waals surface area contributed by atoms with Crippen molar-refractivity contribution in [2.24, 2.45) is 9.98 Å². The van der Waals surface area contributed by atoms with Crippen LogP contribution < -0.4 is 0 Å². The number of carbonyl (C=O) groups excluding carboxylic acids is 2. The van der Waals surface area contributed by atoms with Crippen molar-refractivity contribution in [1.29, 1.82) is 0 Å². The summed E-state index contributed by atoms with van der Waals surface area (Å²) in [5.41, 5.74) is 9.55. The Morgan fingerprint density at radius 1 is 0.477 bits per heavy atom. The number of carbonyl (C=O) groups is 2. The zero-order valence-electron chi connectivity index (χ0n) is 47.4. The van der Waals surface area contributed by atoms with Crippen LogP contribution in [-0.2, 0) is 28.2 Å². The Kier molecular flexibility index (Phi) is 19.6. The van der Waals surface area contributed by atoms with Gasteiger partial charge in [-0.1, -0.05) is 263 Å². The van der Waals surface area contributed by atoms with Crippen LogP contribution in [0.3, 0.4) is 0 Å². The van der Waals surface area contributed by atoms with E-state index < -0.39 is 16.6 Å². The standard InChI is InChI=1S/C44H42N6O.C25H28N6O.3CH4/c1-2-3-25-40-45-43(30-15-16-31-43)42(51)49(40)32-33-26-28-34(29-27-33)38-23-13-14-24-39(38)41-46-47-48-50(41)44(35-17-7-4-8-18-35,36-19-9-5-10-20-36)37-21-11-6-12-22-37;1-2-3-10-22-26-25(15-6-7-16-25)24(32)31(22)17-18-11-13-19(14-12-18)20-8-4-5-9-21(20)23-27-29-30-28-23;;;/h4-14,17-24,26-29H,2-3,15-16,25,30-32H2,1H3;4-5,8-9,11-14H,2-3,6-7,10,15-17H2,1H3,(H,27,28,29,30);3*1H4. The molecule has 2 aliphatic carbocycles. The van der Waals surface area contributed by atoms with Gasteiger partial charge in [-0.05, 0) is 104 Å². The Morgan fingerprint density at radius 3 is 1.28 bits per heavy atom. The lowest BCUT2D eigenvalue weighted by atomic mass is 9.77. The first-order valence-electron chi connectivity index (χ1n) is 29.7. The van der Waals surface area contributed by atoms with Crippen molar-refractivity contribution in [3.8, 4) is 45.0 Å². The average Bonchev–Trinajstić information content (AvgIpc) is 1.97. The van der Waals surface area contributed by atoms with E-state index in [0.717, 1.165) is 163 Å². The number of hydrogen-bond acceptors (Lipinski definition) is 10. The molecule has 0 bridgehead atoms. The number of rotatable bonds is 18. The van der Waals surface area contributed by atoms with Crippen molar-refractivity contribution in [3.63, 3.8) is 0 Å². The highest BCUT2D eigenvalue weighted by Gasteiger charge is 2.51. The third kappa shape index (κ3) is 11.9. The summed E-state index contributed by atoms with van der Waals surface area (Å²) in [6.07, 6.45) is 13.9. The van der Waals surface area contributed by atoms with E-state index in [-0.39, 0.29) is 34.1 Å². The molecule has 14 nitrogen and oxygen atoms in total. The summed E-state index contributed by atoms with van der Waals surface area (Å²) >= 11 is 0. The molecule has 2 saturated carbocycles. The summed E-state index contributed by atoms with van der Waals surface area (Å²) in [5, 5.41) is 28.3. The molecular weight excluding hydrogens is 1060 g/mol. The summed E-state index contributed by atoms with van der Waals surface area (Å²) in [6, 6.07) is 64.7. The highest BCUT2D eigenvalue weighted by atomic mass is 16.2. The number of amides is 2. The van der Waals surface area contributed by atoms with E-state index in [1.807, 2.05) is 56.9 Å². The van der Waals surface area contributed by atoms with Gasteiger partial charge in [0.05, 0.1) is 13.1 Å². The molecule has 4 aliphatic rings. The van der Waals surface area contributed by atoms with Gasteiger partial charge in [-0.3, -0.25) is 29.4 Å². The van der Waals surface area contributed by atoms with Crippen molar-refractivity contribution in [2.45, 2.75) is 156 Å². The average molecular weight is 1150 g/mol. The minimum atomic E-state index is -0.852. The SMILES string of the molecule is C.C.C.CCCCC1=NC2(CCCC2)C(=O)N1Cc1ccc(-c2ccccc2-c2nn[nH]n2)cc1.CCCCC1=NC2(CCCC2)C(=O)N1Cc1ccc(-c2ccccc2-c2nnnn2C(c2ccccc2)(c2ccccc2)c2ccccc2)cc1. The Morgan fingerprint density at radius 2 is 0.872 bits per heavy atom. The number of unbranched alkanes of at least 4 members (excludes halogenated alkanes) is 2. The number of aromatic nitrogens is 8. The van der Waals surface area contributed by atoms with E-state index in [0.29, 0.717) is 24.7 Å². The highest BCUT2D eigenvalue weighted by Crippen LogP contribution is 2.45. The largest absolute Gasteiger partial charge is 0.294 e. The van der Waals surface area contributed by atoms with Crippen LogP contribution in [0.2, 0.25) is 0 Å². The van der Waals surface area contributed by atoms with Crippen LogP contribution in [0, 0.1) is 0 Å². The van der Waals surface area contributed by atoms with Crippen molar-refractivity contribution < 1.29 is 9.59 Å². The van der Waals surface area contributed by atoms with Crippen LogP contribution in [0.5, 0.6) is 0 Å². The minimum absolute atomic E-state index is 0. The van der Waals surface area contributed by atoms with Gasteiger partial charge in [0.25, 0.3) is 11.8 Å². The summed E-state index contributed by atoms with van der Waals surface area (Å²) < 4.78 is 1.98. The molecule has 0 atom stereocenters. The fraction of sp³-hybridized carbons (Fsp3) is 0.333. The van der Waals surface area contributed by atoms with E-state index in [4.69, 9.17) is 20.3 Å². The molecule has 4 heterocycles. The Bertz CT molecular complexity index is 3620. The predicted octanol–water partition coefficient (Wildman–Crippen LogP) is 15.8. The van der Waals surface area contributed by atoms with E-state index in [9.17, 15) is 9.59 Å². The molecule has 2 amide bonds. The number of nitrogens with zero attached hydrogens (tertiary/aromatic N) is 11. The number of tetrazole rings is 2. The van der Waals surface area contributed by atoms with Crippen LogP contribution in [0.1, 0.15) is 154 Å². The number of aliphatic imine (C=N–C) groups is 2. The second-order valence-corrected chi connectivity index (χ2v) is 22.5. The molecule has 13 rings (SSSR count). The number of benzene rings is 7. The van der Waals surface area contributed by atoms with Crippen LogP contribution >= 0.6 is 0 Å².